The van der Waals surface area contributed by atoms with Crippen molar-refractivity contribution in [1.29, 1.82) is 0 Å². The van der Waals surface area contributed by atoms with Crippen LogP contribution in [0.1, 0.15) is 41.2 Å². The van der Waals surface area contributed by atoms with Crippen molar-refractivity contribution in [3.63, 3.8) is 0 Å². The first-order valence-electron chi connectivity index (χ1n) is 8.00. The first-order chi connectivity index (χ1) is 11.6. The summed E-state index contributed by atoms with van der Waals surface area (Å²) in [7, 11) is 0. The van der Waals surface area contributed by atoms with Crippen LogP contribution in [0.5, 0.6) is 0 Å². The molecule has 1 aliphatic heterocycles. The van der Waals surface area contributed by atoms with E-state index in [1.165, 1.54) is 23.5 Å². The van der Waals surface area contributed by atoms with Crippen LogP contribution in [0, 0.1) is 5.82 Å². The molecule has 1 atom stereocenters. The Morgan fingerprint density at radius 2 is 2.04 bits per heavy atom. The first-order valence-corrected chi connectivity index (χ1v) is 8.95. The van der Waals surface area contributed by atoms with Gasteiger partial charge in [0.1, 0.15) is 5.82 Å². The number of nitrogens with one attached hydrogen (secondary N) is 1. The van der Waals surface area contributed by atoms with E-state index in [0.29, 0.717) is 18.7 Å². The largest absolute Gasteiger partial charge is 0.351 e. The molecule has 4 nitrogen and oxygen atoms in total. The number of benzene rings is 1. The van der Waals surface area contributed by atoms with Gasteiger partial charge in [0.2, 0.25) is 5.91 Å². The number of rotatable bonds is 5. The minimum Gasteiger partial charge on any atom is -0.351 e. The molecule has 6 heteroatoms. The molecule has 0 spiro atoms. The summed E-state index contributed by atoms with van der Waals surface area (Å²) in [5.74, 6) is -0.404. The molecule has 1 aromatic carbocycles. The molecule has 0 bridgehead atoms. The quantitative estimate of drug-likeness (QED) is 0.902. The van der Waals surface area contributed by atoms with E-state index in [-0.39, 0.29) is 30.1 Å². The topological polar surface area (TPSA) is 49.4 Å². The van der Waals surface area contributed by atoms with Gasteiger partial charge < -0.3 is 10.2 Å². The van der Waals surface area contributed by atoms with Gasteiger partial charge in [-0.2, -0.15) is 11.3 Å². The van der Waals surface area contributed by atoms with E-state index in [2.05, 4.69) is 5.32 Å². The van der Waals surface area contributed by atoms with Gasteiger partial charge in [-0.1, -0.05) is 12.1 Å². The van der Waals surface area contributed by atoms with Crippen molar-refractivity contribution < 1.29 is 14.0 Å². The molecular weight excluding hydrogens is 327 g/mol. The van der Waals surface area contributed by atoms with Crippen LogP contribution >= 0.6 is 11.3 Å². The summed E-state index contributed by atoms with van der Waals surface area (Å²) >= 11 is 1.46. The van der Waals surface area contributed by atoms with Crippen molar-refractivity contribution in [3.8, 4) is 0 Å². The minimum atomic E-state index is -0.272. The van der Waals surface area contributed by atoms with Gasteiger partial charge in [-0.15, -0.1) is 0 Å². The molecular formula is C18H19FN2O2S. The predicted molar refractivity (Wildman–Crippen MR) is 91.4 cm³/mol. The van der Waals surface area contributed by atoms with Crippen molar-refractivity contribution in [2.45, 2.75) is 25.3 Å². The van der Waals surface area contributed by atoms with Gasteiger partial charge in [0.05, 0.1) is 6.04 Å². The lowest BCUT2D eigenvalue weighted by molar-refractivity contribution is -0.132. The third-order valence-electron chi connectivity index (χ3n) is 4.24. The third kappa shape index (κ3) is 3.82. The predicted octanol–water partition coefficient (Wildman–Crippen LogP) is 3.37. The van der Waals surface area contributed by atoms with Gasteiger partial charge in [-0.05, 0) is 42.0 Å². The zero-order valence-electron chi connectivity index (χ0n) is 13.2. The van der Waals surface area contributed by atoms with Crippen LogP contribution in [0.4, 0.5) is 4.39 Å². The lowest BCUT2D eigenvalue weighted by Crippen LogP contribution is -2.34. The van der Waals surface area contributed by atoms with E-state index in [9.17, 15) is 14.0 Å². The average molecular weight is 346 g/mol. The van der Waals surface area contributed by atoms with Crippen molar-refractivity contribution in [2.75, 3.05) is 13.1 Å². The van der Waals surface area contributed by atoms with E-state index < -0.39 is 0 Å². The van der Waals surface area contributed by atoms with Gasteiger partial charge in [0.15, 0.2) is 0 Å². The van der Waals surface area contributed by atoms with E-state index in [1.807, 2.05) is 10.3 Å². The minimum absolute atomic E-state index is 0.00525. The molecule has 126 valence electrons. The molecule has 1 N–H and O–H groups in total. The summed E-state index contributed by atoms with van der Waals surface area (Å²) in [4.78, 5) is 26.2. The fourth-order valence-electron chi connectivity index (χ4n) is 3.02. The second kappa shape index (κ2) is 7.57. The maximum absolute atomic E-state index is 13.1. The molecule has 1 unspecified atom stereocenters. The smallest absolute Gasteiger partial charge is 0.252 e. The molecule has 2 aromatic rings. The van der Waals surface area contributed by atoms with Crippen LogP contribution in [0.15, 0.2) is 41.1 Å². The standard InChI is InChI=1S/C18H19FN2O2S/c19-15-5-3-13(4-6-15)16-2-1-10-21(16)17(22)7-9-20-18(23)14-8-11-24-12-14/h3-6,8,11-12,16H,1-2,7,9-10H2,(H,20,23). The first kappa shape index (κ1) is 16.6. The number of halogens is 1. The number of nitrogens with zero attached hydrogens (tertiary/aromatic N) is 1. The number of thiophene rings is 1. The Morgan fingerprint density at radius 1 is 1.25 bits per heavy atom. The van der Waals surface area contributed by atoms with E-state index in [4.69, 9.17) is 0 Å². The SMILES string of the molecule is O=C(NCCC(=O)N1CCCC1c1ccc(F)cc1)c1ccsc1. The second-order valence-electron chi connectivity index (χ2n) is 5.81. The van der Waals surface area contributed by atoms with Gasteiger partial charge in [0, 0.05) is 30.5 Å². The number of carbonyl (C=O) groups excluding carboxylic acids is 2. The fraction of sp³-hybridized carbons (Fsp3) is 0.333. The van der Waals surface area contributed by atoms with E-state index in [0.717, 1.165) is 18.4 Å². The van der Waals surface area contributed by atoms with Gasteiger partial charge in [-0.25, -0.2) is 4.39 Å². The molecule has 1 fully saturated rings. The highest BCUT2D eigenvalue weighted by Gasteiger charge is 2.29. The Bertz CT molecular complexity index is 700. The number of amides is 2. The Morgan fingerprint density at radius 3 is 2.75 bits per heavy atom. The van der Waals surface area contributed by atoms with Crippen LogP contribution in [-0.4, -0.2) is 29.8 Å². The molecule has 24 heavy (non-hydrogen) atoms. The van der Waals surface area contributed by atoms with Crippen LogP contribution < -0.4 is 5.32 Å². The highest BCUT2D eigenvalue weighted by atomic mass is 32.1. The Kier molecular flexibility index (Phi) is 5.25. The molecule has 1 saturated heterocycles. The molecule has 1 aromatic heterocycles. The molecule has 0 saturated carbocycles. The summed E-state index contributed by atoms with van der Waals surface area (Å²) in [5.41, 5.74) is 1.59. The summed E-state index contributed by atoms with van der Waals surface area (Å²) in [6, 6.07) is 8.10. The maximum atomic E-state index is 13.1. The number of carbonyl (C=O) groups is 2. The molecule has 2 amide bonds. The van der Waals surface area contributed by atoms with Crippen LogP contribution in [-0.2, 0) is 4.79 Å². The number of likely N-dealkylation sites (tertiary alicyclic amines) is 1. The molecule has 2 heterocycles. The van der Waals surface area contributed by atoms with Crippen molar-refractivity contribution in [2.24, 2.45) is 0 Å². The summed E-state index contributed by atoms with van der Waals surface area (Å²) in [5, 5.41) is 6.40. The molecule has 0 aliphatic carbocycles. The molecule has 0 radical (unpaired) electrons. The van der Waals surface area contributed by atoms with Crippen LogP contribution in [0.25, 0.3) is 0 Å². The Balaban J connectivity index is 1.54. The fourth-order valence-corrected chi connectivity index (χ4v) is 3.65. The number of hydrogen-bond acceptors (Lipinski definition) is 3. The van der Waals surface area contributed by atoms with E-state index >= 15 is 0 Å². The van der Waals surface area contributed by atoms with Gasteiger partial charge in [-0.3, -0.25) is 9.59 Å². The van der Waals surface area contributed by atoms with Crippen molar-refractivity contribution in [3.05, 3.63) is 58.0 Å². The summed E-state index contributed by atoms with van der Waals surface area (Å²) in [6.07, 6.45) is 2.10. The van der Waals surface area contributed by atoms with E-state index in [1.54, 1.807) is 23.6 Å². The van der Waals surface area contributed by atoms with Gasteiger partial charge in [0.25, 0.3) is 5.91 Å². The lowest BCUT2D eigenvalue weighted by atomic mass is 10.0. The zero-order chi connectivity index (χ0) is 16.9. The highest BCUT2D eigenvalue weighted by Crippen LogP contribution is 2.32. The van der Waals surface area contributed by atoms with Crippen LogP contribution in [0.2, 0.25) is 0 Å². The highest BCUT2D eigenvalue weighted by molar-refractivity contribution is 7.08. The lowest BCUT2D eigenvalue weighted by Gasteiger charge is -2.25. The summed E-state index contributed by atoms with van der Waals surface area (Å²) in [6.45, 7) is 1.03. The Hall–Kier alpha value is -2.21. The Labute approximate surface area is 144 Å². The zero-order valence-corrected chi connectivity index (χ0v) is 14.0. The summed E-state index contributed by atoms with van der Waals surface area (Å²) < 4.78 is 13.1. The van der Waals surface area contributed by atoms with Crippen molar-refractivity contribution in [1.82, 2.24) is 10.2 Å². The molecule has 1 aliphatic rings. The average Bonchev–Trinajstić information content (AvgIpc) is 3.27. The second-order valence-corrected chi connectivity index (χ2v) is 6.59. The number of hydrogen-bond donors (Lipinski definition) is 1. The van der Waals surface area contributed by atoms with Crippen molar-refractivity contribution >= 4 is 23.2 Å². The van der Waals surface area contributed by atoms with Gasteiger partial charge >= 0.3 is 0 Å². The third-order valence-corrected chi connectivity index (χ3v) is 4.92. The molecule has 3 rings (SSSR count). The maximum Gasteiger partial charge on any atom is 0.252 e. The van der Waals surface area contributed by atoms with Crippen LogP contribution in [0.3, 0.4) is 0 Å². The normalized spacial score (nSPS) is 17.0. The monoisotopic (exact) mass is 346 g/mol.